The summed E-state index contributed by atoms with van der Waals surface area (Å²) in [5.74, 6) is -0.245. The number of benzene rings is 6. The van der Waals surface area contributed by atoms with Gasteiger partial charge in [-0.05, 0) is 113 Å². The molecule has 0 atom stereocenters. The minimum atomic E-state index is -0.125. The molecule has 0 fully saturated rings. The van der Waals surface area contributed by atoms with Crippen molar-refractivity contribution in [3.8, 4) is 55.8 Å². The minimum Gasteiger partial charge on any atom is -0.512 e. The van der Waals surface area contributed by atoms with Crippen LogP contribution in [-0.2, 0) is 22.4 Å². The molecule has 0 aliphatic rings. The van der Waals surface area contributed by atoms with Crippen LogP contribution in [0.25, 0.3) is 66.7 Å². The van der Waals surface area contributed by atoms with E-state index in [4.69, 9.17) is 4.98 Å². The van der Waals surface area contributed by atoms with Gasteiger partial charge < -0.3 is 10.2 Å². The van der Waals surface area contributed by atoms with Crippen LogP contribution in [0.15, 0.2) is 175 Å². The lowest BCUT2D eigenvalue weighted by Gasteiger charge is -2.17. The van der Waals surface area contributed by atoms with E-state index in [-0.39, 0.29) is 35.9 Å². The fourth-order valence-corrected chi connectivity index (χ4v) is 7.29. The fraction of sp³-hybridized carbons (Fsp3) is 0.118. The molecule has 0 bridgehead atoms. The third-order valence-corrected chi connectivity index (χ3v) is 9.94. The zero-order valence-electron chi connectivity index (χ0n) is 31.6. The zero-order chi connectivity index (χ0) is 39.0. The smallest absolute Gasteiger partial charge is 0.159 e. The number of aryl methyl sites for hydroxylation is 2. The minimum absolute atomic E-state index is 0.00201. The van der Waals surface area contributed by atoms with Crippen LogP contribution >= 0.6 is 0 Å². The summed E-state index contributed by atoms with van der Waals surface area (Å²) in [6.07, 6.45) is 4.14. The summed E-state index contributed by atoms with van der Waals surface area (Å²) in [6.45, 7) is 3.01. The maximum Gasteiger partial charge on any atom is 0.159 e. The number of carbonyl (C=O) groups is 2. The lowest BCUT2D eigenvalue weighted by molar-refractivity contribution is -0.115. The van der Waals surface area contributed by atoms with E-state index in [1.54, 1.807) is 0 Å². The highest BCUT2D eigenvalue weighted by atomic mass is 16.3. The number of rotatable bonds is 13. The molecular formula is C51H43NO4. The van der Waals surface area contributed by atoms with E-state index in [1.165, 1.54) is 26.0 Å². The van der Waals surface area contributed by atoms with Gasteiger partial charge in [0.2, 0.25) is 0 Å². The summed E-state index contributed by atoms with van der Waals surface area (Å²) >= 11 is 0. The molecule has 5 heteroatoms. The van der Waals surface area contributed by atoms with Crippen molar-refractivity contribution in [1.82, 2.24) is 4.98 Å². The van der Waals surface area contributed by atoms with Gasteiger partial charge in [0.15, 0.2) is 11.6 Å². The molecular weight excluding hydrogens is 691 g/mol. The van der Waals surface area contributed by atoms with Crippen molar-refractivity contribution in [2.75, 3.05) is 0 Å². The largest absolute Gasteiger partial charge is 0.512 e. The van der Waals surface area contributed by atoms with Gasteiger partial charge in [-0.15, -0.1) is 0 Å². The van der Waals surface area contributed by atoms with Crippen LogP contribution in [0, 0.1) is 0 Å². The Bertz CT molecular complexity index is 2510. The zero-order valence-corrected chi connectivity index (χ0v) is 31.6. The van der Waals surface area contributed by atoms with E-state index in [1.807, 2.05) is 42.5 Å². The average molecular weight is 734 g/mol. The van der Waals surface area contributed by atoms with E-state index in [2.05, 4.69) is 109 Å². The monoisotopic (exact) mass is 733 g/mol. The molecule has 276 valence electrons. The standard InChI is InChI=1S/C51H43NO4/c1-34(53)29-44(55)26-23-36-11-3-6-14-46(36)41-31-42(47-15-7-4-12-37(47)24-27-45(56)30-35(2)54)33-43(32-41)49-17-9-8-16-48(49)38-19-21-40(22-20-38)51-28-25-39-13-5-10-18-50(39)52-51/h3-22,25,28-33,53-54H,23-24,26-27H2,1-2H3/b34-29-,35-30-. The number of ketones is 2. The van der Waals surface area contributed by atoms with Crippen molar-refractivity contribution in [1.29, 1.82) is 0 Å². The number of pyridine rings is 1. The molecule has 56 heavy (non-hydrogen) atoms. The Morgan fingerprint density at radius 2 is 0.911 bits per heavy atom. The van der Waals surface area contributed by atoms with Gasteiger partial charge in [-0.1, -0.05) is 121 Å². The number of allylic oxidation sites excluding steroid dienone is 4. The summed E-state index contributed by atoms with van der Waals surface area (Å²) in [5, 5.41) is 20.4. The van der Waals surface area contributed by atoms with Crippen LogP contribution in [0.5, 0.6) is 0 Å². The van der Waals surface area contributed by atoms with Gasteiger partial charge in [-0.25, -0.2) is 4.98 Å². The lowest BCUT2D eigenvalue weighted by Crippen LogP contribution is -2.00. The van der Waals surface area contributed by atoms with Crippen molar-refractivity contribution in [3.05, 3.63) is 186 Å². The van der Waals surface area contributed by atoms with Gasteiger partial charge in [0.1, 0.15) is 0 Å². The molecule has 0 aliphatic heterocycles. The predicted molar refractivity (Wildman–Crippen MR) is 228 cm³/mol. The predicted octanol–water partition coefficient (Wildman–Crippen LogP) is 12.5. The number of aromatic nitrogens is 1. The molecule has 2 N–H and O–H groups in total. The Morgan fingerprint density at radius 3 is 1.45 bits per heavy atom. The van der Waals surface area contributed by atoms with Crippen LogP contribution in [-0.4, -0.2) is 26.8 Å². The van der Waals surface area contributed by atoms with E-state index >= 15 is 0 Å². The molecule has 0 amide bonds. The van der Waals surface area contributed by atoms with E-state index < -0.39 is 0 Å². The van der Waals surface area contributed by atoms with Crippen LogP contribution < -0.4 is 0 Å². The first kappa shape index (κ1) is 37.5. The van der Waals surface area contributed by atoms with Gasteiger partial charge in [0.25, 0.3) is 0 Å². The first-order chi connectivity index (χ1) is 27.2. The summed E-state index contributed by atoms with van der Waals surface area (Å²) in [5.41, 5.74) is 13.3. The maximum atomic E-state index is 12.6. The van der Waals surface area contributed by atoms with Crippen molar-refractivity contribution in [2.45, 2.75) is 39.5 Å². The highest BCUT2D eigenvalue weighted by molar-refractivity contribution is 5.92. The number of aliphatic hydroxyl groups excluding tert-OH is 2. The quantitative estimate of drug-likeness (QED) is 0.0910. The second kappa shape index (κ2) is 17.1. The third kappa shape index (κ3) is 8.91. The number of carbonyl (C=O) groups excluding carboxylic acids is 2. The summed E-state index contributed by atoms with van der Waals surface area (Å²) < 4.78 is 0. The van der Waals surface area contributed by atoms with Crippen molar-refractivity contribution in [3.63, 3.8) is 0 Å². The molecule has 7 aromatic rings. The molecule has 0 unspecified atom stereocenters. The fourth-order valence-electron chi connectivity index (χ4n) is 7.29. The van der Waals surface area contributed by atoms with Gasteiger partial charge >= 0.3 is 0 Å². The SMILES string of the molecule is C/C(O)=C/C(=O)CCc1ccccc1-c1cc(-c2ccccc2CCC(=O)/C=C(/C)O)cc(-c2ccccc2-c2ccc(-c3ccc4ccccc4n3)cc2)c1. The van der Waals surface area contributed by atoms with E-state index in [0.717, 1.165) is 77.8 Å². The van der Waals surface area contributed by atoms with Gasteiger partial charge in [-0.2, -0.15) is 0 Å². The Kier molecular flexibility index (Phi) is 11.4. The second-order valence-corrected chi connectivity index (χ2v) is 14.1. The average Bonchev–Trinajstić information content (AvgIpc) is 3.21. The molecule has 0 spiro atoms. The van der Waals surface area contributed by atoms with Crippen LogP contribution in [0.2, 0.25) is 0 Å². The number of fused-ring (bicyclic) bond motifs is 1. The summed E-state index contributed by atoms with van der Waals surface area (Å²) in [7, 11) is 0. The molecule has 0 radical (unpaired) electrons. The van der Waals surface area contributed by atoms with E-state index in [0.29, 0.717) is 12.8 Å². The molecule has 0 aliphatic carbocycles. The van der Waals surface area contributed by atoms with Gasteiger partial charge in [-0.3, -0.25) is 9.59 Å². The Labute approximate surface area is 328 Å². The topological polar surface area (TPSA) is 87.5 Å². The summed E-state index contributed by atoms with van der Waals surface area (Å²) in [6, 6.07) is 52.2. The number of hydrogen-bond acceptors (Lipinski definition) is 5. The van der Waals surface area contributed by atoms with Gasteiger partial charge in [0.05, 0.1) is 22.7 Å². The number of para-hydroxylation sites is 1. The van der Waals surface area contributed by atoms with Crippen molar-refractivity contribution < 1.29 is 19.8 Å². The molecule has 1 heterocycles. The number of aliphatic hydroxyl groups is 2. The molecule has 7 rings (SSSR count). The molecule has 0 saturated heterocycles. The lowest BCUT2D eigenvalue weighted by atomic mass is 9.86. The number of hydrogen-bond donors (Lipinski definition) is 2. The van der Waals surface area contributed by atoms with Crippen molar-refractivity contribution in [2.24, 2.45) is 0 Å². The van der Waals surface area contributed by atoms with Crippen LogP contribution in [0.3, 0.4) is 0 Å². The molecule has 6 aromatic carbocycles. The van der Waals surface area contributed by atoms with Crippen molar-refractivity contribution >= 4 is 22.5 Å². The Balaban J connectivity index is 1.32. The third-order valence-electron chi connectivity index (χ3n) is 9.94. The first-order valence-electron chi connectivity index (χ1n) is 18.9. The highest BCUT2D eigenvalue weighted by Gasteiger charge is 2.16. The normalized spacial score (nSPS) is 11.8. The van der Waals surface area contributed by atoms with Gasteiger partial charge in [0, 0.05) is 35.9 Å². The highest BCUT2D eigenvalue weighted by Crippen LogP contribution is 2.40. The summed E-state index contributed by atoms with van der Waals surface area (Å²) in [4.78, 5) is 30.1. The van der Waals surface area contributed by atoms with E-state index in [9.17, 15) is 19.8 Å². The van der Waals surface area contributed by atoms with Crippen LogP contribution in [0.4, 0.5) is 0 Å². The maximum absolute atomic E-state index is 12.6. The Hall–Kier alpha value is -6.85. The molecule has 1 aromatic heterocycles. The van der Waals surface area contributed by atoms with Crippen LogP contribution in [0.1, 0.15) is 37.8 Å². The molecule has 0 saturated carbocycles. The first-order valence-corrected chi connectivity index (χ1v) is 18.9. The number of nitrogens with zero attached hydrogens (tertiary/aromatic N) is 1. The second-order valence-electron chi connectivity index (χ2n) is 14.1. The molecule has 5 nitrogen and oxygen atoms in total. The Morgan fingerprint density at radius 1 is 0.482 bits per heavy atom.